The topological polar surface area (TPSA) is 37.3 Å². The van der Waals surface area contributed by atoms with E-state index in [-0.39, 0.29) is 5.56 Å². The molecular weight excluding hydrogens is 484 g/mol. The Balaban J connectivity index is 3.10. The summed E-state index contributed by atoms with van der Waals surface area (Å²) < 4.78 is 2.88. The van der Waals surface area contributed by atoms with Crippen LogP contribution in [0.1, 0.15) is 10.4 Å². The van der Waals surface area contributed by atoms with Crippen LogP contribution in [0, 0.1) is 0 Å². The second-order valence-corrected chi connectivity index (χ2v) is 6.52. The number of carboxylic acids is 1. The van der Waals surface area contributed by atoms with Crippen LogP contribution in [0.25, 0.3) is 10.8 Å². The summed E-state index contributed by atoms with van der Waals surface area (Å²) in [5, 5.41) is 10.8. The standard InChI is InChI=1S/C11H4Br4O2/c12-5-3-1-2-4-6(5)8(13)10(15)9(14)7(4)11(16)17/h1-3H,(H,16,17). The van der Waals surface area contributed by atoms with Gasteiger partial charge in [-0.2, -0.15) is 0 Å². The number of aromatic carboxylic acids is 1. The number of rotatable bonds is 1. The molecule has 0 saturated carbocycles. The molecule has 0 aliphatic heterocycles. The van der Waals surface area contributed by atoms with Gasteiger partial charge in [0.1, 0.15) is 0 Å². The van der Waals surface area contributed by atoms with E-state index in [1.54, 1.807) is 6.07 Å². The van der Waals surface area contributed by atoms with Crippen molar-refractivity contribution in [1.29, 1.82) is 0 Å². The molecule has 0 saturated heterocycles. The van der Waals surface area contributed by atoms with Crippen LogP contribution in [-0.2, 0) is 0 Å². The molecule has 0 unspecified atom stereocenters. The Hall–Kier alpha value is 0.0900. The molecule has 0 heterocycles. The predicted octanol–water partition coefficient (Wildman–Crippen LogP) is 5.59. The van der Waals surface area contributed by atoms with E-state index in [9.17, 15) is 9.90 Å². The Morgan fingerprint density at radius 3 is 2.24 bits per heavy atom. The van der Waals surface area contributed by atoms with Gasteiger partial charge >= 0.3 is 5.97 Å². The SMILES string of the molecule is O=C(O)c1c(Br)c(Br)c(Br)c2c(Br)cccc12. The van der Waals surface area contributed by atoms with E-state index < -0.39 is 5.97 Å². The van der Waals surface area contributed by atoms with Gasteiger partial charge in [-0.1, -0.05) is 28.1 Å². The summed E-state index contributed by atoms with van der Waals surface area (Å²) in [7, 11) is 0. The number of hydrogen-bond acceptors (Lipinski definition) is 1. The zero-order valence-corrected chi connectivity index (χ0v) is 14.4. The third-order valence-electron chi connectivity index (χ3n) is 2.32. The Morgan fingerprint density at radius 1 is 1.00 bits per heavy atom. The Bertz CT molecular complexity index is 637. The van der Waals surface area contributed by atoms with Crippen molar-refractivity contribution in [3.8, 4) is 0 Å². The van der Waals surface area contributed by atoms with Crippen LogP contribution in [0.2, 0.25) is 0 Å². The lowest BCUT2D eigenvalue weighted by Gasteiger charge is -2.11. The van der Waals surface area contributed by atoms with Crippen LogP contribution in [0.3, 0.4) is 0 Å². The highest BCUT2D eigenvalue weighted by Gasteiger charge is 2.20. The first-order valence-corrected chi connectivity index (χ1v) is 7.60. The molecule has 2 rings (SSSR count). The summed E-state index contributed by atoms with van der Waals surface area (Å²) in [6.07, 6.45) is 0. The number of carboxylic acid groups (broad SMARTS) is 1. The number of benzene rings is 2. The molecule has 6 heteroatoms. The minimum atomic E-state index is -0.965. The van der Waals surface area contributed by atoms with Crippen molar-refractivity contribution in [3.63, 3.8) is 0 Å². The van der Waals surface area contributed by atoms with Crippen molar-refractivity contribution in [2.45, 2.75) is 0 Å². The molecule has 0 radical (unpaired) electrons. The van der Waals surface area contributed by atoms with Gasteiger partial charge in [-0.25, -0.2) is 4.79 Å². The van der Waals surface area contributed by atoms with Crippen molar-refractivity contribution < 1.29 is 9.90 Å². The van der Waals surface area contributed by atoms with Gasteiger partial charge < -0.3 is 5.11 Å². The number of fused-ring (bicyclic) bond motifs is 1. The number of carbonyl (C=O) groups is 1. The molecule has 0 aliphatic carbocycles. The molecule has 2 nitrogen and oxygen atoms in total. The largest absolute Gasteiger partial charge is 0.478 e. The van der Waals surface area contributed by atoms with E-state index >= 15 is 0 Å². The lowest BCUT2D eigenvalue weighted by Crippen LogP contribution is -2.00. The summed E-state index contributed by atoms with van der Waals surface area (Å²) in [5.74, 6) is -0.965. The second kappa shape index (κ2) is 4.99. The zero-order valence-electron chi connectivity index (χ0n) is 8.10. The molecule has 17 heavy (non-hydrogen) atoms. The van der Waals surface area contributed by atoms with Crippen LogP contribution in [-0.4, -0.2) is 11.1 Å². The third kappa shape index (κ3) is 2.20. The van der Waals surface area contributed by atoms with Crippen LogP contribution >= 0.6 is 63.7 Å². The maximum atomic E-state index is 11.3. The van der Waals surface area contributed by atoms with Gasteiger partial charge in [-0.15, -0.1) is 0 Å². The van der Waals surface area contributed by atoms with E-state index in [1.165, 1.54) is 0 Å². The first kappa shape index (κ1) is 13.5. The minimum absolute atomic E-state index is 0.247. The van der Waals surface area contributed by atoms with Crippen molar-refractivity contribution in [1.82, 2.24) is 0 Å². The summed E-state index contributed by atoms with van der Waals surface area (Å²) in [6, 6.07) is 5.47. The fourth-order valence-corrected chi connectivity index (χ4v) is 4.30. The summed E-state index contributed by atoms with van der Waals surface area (Å²) in [6.45, 7) is 0. The molecule has 0 fully saturated rings. The van der Waals surface area contributed by atoms with Gasteiger partial charge in [-0.05, 0) is 59.2 Å². The van der Waals surface area contributed by atoms with E-state index in [0.717, 1.165) is 14.3 Å². The zero-order chi connectivity index (χ0) is 12.7. The van der Waals surface area contributed by atoms with Gasteiger partial charge in [-0.3, -0.25) is 0 Å². The Kier molecular flexibility index (Phi) is 3.97. The molecule has 0 bridgehead atoms. The van der Waals surface area contributed by atoms with E-state index in [4.69, 9.17) is 0 Å². The van der Waals surface area contributed by atoms with Crippen molar-refractivity contribution in [3.05, 3.63) is 41.7 Å². The fraction of sp³-hybridized carbons (Fsp3) is 0. The average Bonchev–Trinajstić information content (AvgIpc) is 2.25. The summed E-state index contributed by atoms with van der Waals surface area (Å²) >= 11 is 13.6. The first-order chi connectivity index (χ1) is 7.95. The Labute approximate surface area is 131 Å². The van der Waals surface area contributed by atoms with E-state index in [1.807, 2.05) is 12.1 Å². The van der Waals surface area contributed by atoms with Crippen molar-refractivity contribution in [2.24, 2.45) is 0 Å². The monoisotopic (exact) mass is 484 g/mol. The molecule has 1 N–H and O–H groups in total. The maximum Gasteiger partial charge on any atom is 0.337 e. The molecule has 0 aliphatic rings. The number of hydrogen-bond donors (Lipinski definition) is 1. The molecule has 88 valence electrons. The van der Waals surface area contributed by atoms with Crippen LogP contribution in [0.15, 0.2) is 36.1 Å². The molecule has 2 aromatic rings. The van der Waals surface area contributed by atoms with Crippen molar-refractivity contribution in [2.75, 3.05) is 0 Å². The van der Waals surface area contributed by atoms with Gasteiger partial charge in [0, 0.05) is 23.3 Å². The quantitative estimate of drug-likeness (QED) is 0.533. The normalized spacial score (nSPS) is 10.8. The smallest absolute Gasteiger partial charge is 0.337 e. The van der Waals surface area contributed by atoms with Crippen LogP contribution in [0.5, 0.6) is 0 Å². The Morgan fingerprint density at radius 2 is 1.65 bits per heavy atom. The average molecular weight is 488 g/mol. The highest BCUT2D eigenvalue weighted by atomic mass is 79.9. The molecule has 0 atom stereocenters. The summed E-state index contributed by atoms with van der Waals surface area (Å²) in [4.78, 5) is 11.3. The fourth-order valence-electron chi connectivity index (χ4n) is 1.60. The van der Waals surface area contributed by atoms with Gasteiger partial charge in [0.25, 0.3) is 0 Å². The van der Waals surface area contributed by atoms with E-state index in [2.05, 4.69) is 63.7 Å². The van der Waals surface area contributed by atoms with E-state index in [0.29, 0.717) is 14.3 Å². The summed E-state index contributed by atoms with van der Waals surface area (Å²) in [5.41, 5.74) is 0.247. The molecule has 2 aromatic carbocycles. The highest BCUT2D eigenvalue weighted by Crippen LogP contribution is 2.43. The molecule has 0 amide bonds. The maximum absolute atomic E-state index is 11.3. The lowest BCUT2D eigenvalue weighted by atomic mass is 10.0. The second-order valence-electron chi connectivity index (χ2n) is 3.28. The lowest BCUT2D eigenvalue weighted by molar-refractivity contribution is 0.0698. The van der Waals surface area contributed by atoms with Gasteiger partial charge in [0.05, 0.1) is 5.56 Å². The molecule has 0 spiro atoms. The van der Waals surface area contributed by atoms with Crippen LogP contribution in [0.4, 0.5) is 0 Å². The number of halogens is 4. The predicted molar refractivity (Wildman–Crippen MR) is 81.7 cm³/mol. The van der Waals surface area contributed by atoms with Gasteiger partial charge in [0.2, 0.25) is 0 Å². The minimum Gasteiger partial charge on any atom is -0.478 e. The first-order valence-electron chi connectivity index (χ1n) is 4.43. The third-order valence-corrected chi connectivity index (χ3v) is 6.43. The molecular formula is C11H4Br4O2. The van der Waals surface area contributed by atoms with Crippen LogP contribution < -0.4 is 0 Å². The van der Waals surface area contributed by atoms with Crippen molar-refractivity contribution >= 4 is 80.5 Å². The molecule has 0 aromatic heterocycles. The highest BCUT2D eigenvalue weighted by molar-refractivity contribution is 9.14. The van der Waals surface area contributed by atoms with Gasteiger partial charge in [0.15, 0.2) is 0 Å².